The highest BCUT2D eigenvalue weighted by Gasteiger charge is 2.21. The maximum atomic E-state index is 12.4. The molecule has 0 radical (unpaired) electrons. The van der Waals surface area contributed by atoms with Crippen LogP contribution in [0.4, 0.5) is 5.69 Å². The molecule has 0 fully saturated rings. The quantitative estimate of drug-likeness (QED) is 0.392. The molecule has 0 aromatic heterocycles. The number of esters is 1. The van der Waals surface area contributed by atoms with Crippen molar-refractivity contribution >= 4 is 23.5 Å². The highest BCUT2D eigenvalue weighted by molar-refractivity contribution is 5.99. The van der Waals surface area contributed by atoms with Gasteiger partial charge in [-0.15, -0.1) is 0 Å². The van der Waals surface area contributed by atoms with Gasteiger partial charge in [-0.1, -0.05) is 12.1 Å². The number of nitrogens with one attached hydrogen (secondary N) is 2. The van der Waals surface area contributed by atoms with E-state index in [0.29, 0.717) is 5.75 Å². The number of rotatable bonds is 7. The number of hydrogen-bond acceptors (Lipinski definition) is 7. The number of carbonyl (C=O) groups excluding carboxylic acids is 3. The summed E-state index contributed by atoms with van der Waals surface area (Å²) in [5, 5.41) is 11.1. The second kappa shape index (κ2) is 10.2. The van der Waals surface area contributed by atoms with E-state index in [9.17, 15) is 24.5 Å². The average Bonchev–Trinajstić information content (AvgIpc) is 2.74. The van der Waals surface area contributed by atoms with Gasteiger partial charge in [0.15, 0.2) is 6.10 Å². The Hall–Kier alpha value is -3.95. The largest absolute Gasteiger partial charge is 0.481 e. The van der Waals surface area contributed by atoms with Crippen LogP contribution in [0.2, 0.25) is 0 Å². The first-order valence-corrected chi connectivity index (χ1v) is 9.43. The van der Waals surface area contributed by atoms with Gasteiger partial charge >= 0.3 is 5.97 Å². The van der Waals surface area contributed by atoms with Crippen molar-refractivity contribution in [3.63, 3.8) is 0 Å². The van der Waals surface area contributed by atoms with Crippen LogP contribution < -0.4 is 15.6 Å². The van der Waals surface area contributed by atoms with Gasteiger partial charge in [0.1, 0.15) is 5.75 Å². The number of nitro groups is 1. The maximum absolute atomic E-state index is 12.4. The maximum Gasteiger partial charge on any atom is 0.338 e. The van der Waals surface area contributed by atoms with Crippen LogP contribution in [0.15, 0.2) is 36.4 Å². The van der Waals surface area contributed by atoms with Crippen LogP contribution in [0.5, 0.6) is 5.75 Å². The van der Waals surface area contributed by atoms with E-state index in [2.05, 4.69) is 10.9 Å². The van der Waals surface area contributed by atoms with Gasteiger partial charge in [0.2, 0.25) is 0 Å². The lowest BCUT2D eigenvalue weighted by molar-refractivity contribution is -0.384. The van der Waals surface area contributed by atoms with Crippen molar-refractivity contribution in [2.24, 2.45) is 0 Å². The molecule has 10 heteroatoms. The van der Waals surface area contributed by atoms with Crippen molar-refractivity contribution in [2.75, 3.05) is 6.61 Å². The van der Waals surface area contributed by atoms with Gasteiger partial charge < -0.3 is 9.47 Å². The fraction of sp³-hybridized carbons (Fsp3) is 0.286. The number of hydrogen-bond donors (Lipinski definition) is 2. The lowest BCUT2D eigenvalue weighted by atomic mass is 10.1. The first-order valence-electron chi connectivity index (χ1n) is 9.43. The monoisotopic (exact) mass is 429 g/mol. The van der Waals surface area contributed by atoms with E-state index in [1.165, 1.54) is 6.92 Å². The highest BCUT2D eigenvalue weighted by atomic mass is 16.6. The molecule has 0 aliphatic rings. The molecule has 0 saturated carbocycles. The van der Waals surface area contributed by atoms with E-state index < -0.39 is 34.5 Å². The Morgan fingerprint density at radius 2 is 1.77 bits per heavy atom. The zero-order chi connectivity index (χ0) is 23.1. The van der Waals surface area contributed by atoms with E-state index in [1.807, 2.05) is 19.9 Å². The van der Waals surface area contributed by atoms with Gasteiger partial charge in [-0.3, -0.25) is 30.6 Å². The Bertz CT molecular complexity index is 1020. The van der Waals surface area contributed by atoms with Gasteiger partial charge in [0.25, 0.3) is 17.5 Å². The fourth-order valence-electron chi connectivity index (χ4n) is 2.57. The van der Waals surface area contributed by atoms with E-state index in [-0.39, 0.29) is 17.7 Å². The van der Waals surface area contributed by atoms with Crippen LogP contribution >= 0.6 is 0 Å². The third-order valence-electron chi connectivity index (χ3n) is 4.43. The molecular formula is C21H23N3O7. The first kappa shape index (κ1) is 23.3. The lowest BCUT2D eigenvalue weighted by Gasteiger charge is -2.17. The van der Waals surface area contributed by atoms with Crippen LogP contribution in [0.25, 0.3) is 0 Å². The van der Waals surface area contributed by atoms with Gasteiger partial charge in [0.05, 0.1) is 17.1 Å². The van der Waals surface area contributed by atoms with E-state index >= 15 is 0 Å². The van der Waals surface area contributed by atoms with Gasteiger partial charge in [0, 0.05) is 17.7 Å². The van der Waals surface area contributed by atoms with Crippen molar-refractivity contribution in [3.05, 3.63) is 68.8 Å². The lowest BCUT2D eigenvalue weighted by Crippen LogP contribution is -2.47. The van der Waals surface area contributed by atoms with Gasteiger partial charge in [-0.05, 0) is 51.0 Å². The number of amides is 2. The summed E-state index contributed by atoms with van der Waals surface area (Å²) >= 11 is 0. The summed E-state index contributed by atoms with van der Waals surface area (Å²) in [5.41, 5.74) is 5.44. The Morgan fingerprint density at radius 3 is 2.42 bits per heavy atom. The second-order valence-electron chi connectivity index (χ2n) is 6.65. The predicted octanol–water partition coefficient (Wildman–Crippen LogP) is 2.62. The Morgan fingerprint density at radius 1 is 1.10 bits per heavy atom. The van der Waals surface area contributed by atoms with Crippen molar-refractivity contribution < 1.29 is 28.8 Å². The predicted molar refractivity (Wildman–Crippen MR) is 111 cm³/mol. The molecule has 0 aliphatic carbocycles. The minimum atomic E-state index is -0.930. The summed E-state index contributed by atoms with van der Waals surface area (Å²) in [7, 11) is 0. The number of nitrogens with zero attached hydrogens (tertiary/aromatic N) is 1. The zero-order valence-corrected chi connectivity index (χ0v) is 17.6. The minimum absolute atomic E-state index is 0.0669. The van der Waals surface area contributed by atoms with Crippen LogP contribution in [0.3, 0.4) is 0 Å². The molecule has 1 atom stereocenters. The van der Waals surface area contributed by atoms with Crippen LogP contribution in [0.1, 0.15) is 45.7 Å². The molecule has 10 nitrogen and oxygen atoms in total. The van der Waals surface area contributed by atoms with Crippen LogP contribution in [0, 0.1) is 24.0 Å². The van der Waals surface area contributed by atoms with E-state index in [4.69, 9.17) is 9.47 Å². The molecule has 2 amide bonds. The fourth-order valence-corrected chi connectivity index (χ4v) is 2.57. The zero-order valence-electron chi connectivity index (χ0n) is 17.6. The summed E-state index contributed by atoms with van der Waals surface area (Å²) in [5.74, 6) is -1.75. The summed E-state index contributed by atoms with van der Waals surface area (Å²) in [6.07, 6.45) is -0.930. The molecule has 0 aliphatic heterocycles. The van der Waals surface area contributed by atoms with E-state index in [1.54, 1.807) is 19.1 Å². The van der Waals surface area contributed by atoms with Crippen molar-refractivity contribution in [1.29, 1.82) is 0 Å². The average molecular weight is 429 g/mol. The van der Waals surface area contributed by atoms with Crippen molar-refractivity contribution in [1.82, 2.24) is 10.9 Å². The second-order valence-corrected chi connectivity index (χ2v) is 6.65. The molecule has 164 valence electrons. The number of non-ortho nitro benzene ring substituents is 1. The third-order valence-corrected chi connectivity index (χ3v) is 4.43. The van der Waals surface area contributed by atoms with Gasteiger partial charge in [-0.2, -0.15) is 0 Å². The topological polar surface area (TPSA) is 137 Å². The summed E-state index contributed by atoms with van der Waals surface area (Å²) in [4.78, 5) is 47.0. The Balaban J connectivity index is 2.08. The molecule has 0 saturated heterocycles. The number of hydrazine groups is 1. The third kappa shape index (κ3) is 6.01. The number of benzene rings is 2. The summed E-state index contributed by atoms with van der Waals surface area (Å²) < 4.78 is 10.5. The molecule has 2 aromatic carbocycles. The normalized spacial score (nSPS) is 11.2. The molecule has 0 bridgehead atoms. The molecule has 2 aromatic rings. The molecule has 2 N–H and O–H groups in total. The SMILES string of the molecule is CCOC(=O)c1cc(C(=O)NNC(=O)C(C)Oc2cccc(C)c2C)cc([N+](=O)[O-])c1. The van der Waals surface area contributed by atoms with Crippen molar-refractivity contribution in [3.8, 4) is 5.75 Å². The molecule has 1 unspecified atom stereocenters. The molecular weight excluding hydrogens is 406 g/mol. The first-order chi connectivity index (χ1) is 14.6. The van der Waals surface area contributed by atoms with Crippen LogP contribution in [-0.2, 0) is 9.53 Å². The van der Waals surface area contributed by atoms with Gasteiger partial charge in [-0.25, -0.2) is 4.79 Å². The number of carbonyl (C=O) groups is 3. The number of aryl methyl sites for hydroxylation is 1. The van der Waals surface area contributed by atoms with E-state index in [0.717, 1.165) is 29.3 Å². The Kier molecular flexibility index (Phi) is 7.67. The summed E-state index contributed by atoms with van der Waals surface area (Å²) in [6, 6.07) is 8.57. The molecule has 0 heterocycles. The number of ether oxygens (including phenoxy) is 2. The standard InChI is InChI=1S/C21H23N3O7/c1-5-30-21(27)16-9-15(10-17(11-16)24(28)29)20(26)23-22-19(25)14(4)31-18-8-6-7-12(2)13(18)3/h6-11,14H,5H2,1-4H3,(H,22,25)(H,23,26). The molecule has 2 rings (SSSR count). The Labute approximate surface area is 178 Å². The van der Waals surface area contributed by atoms with Crippen molar-refractivity contribution in [2.45, 2.75) is 33.8 Å². The minimum Gasteiger partial charge on any atom is -0.481 e. The van der Waals surface area contributed by atoms with Crippen LogP contribution in [-0.4, -0.2) is 35.4 Å². The highest BCUT2D eigenvalue weighted by Crippen LogP contribution is 2.22. The summed E-state index contributed by atoms with van der Waals surface area (Å²) in [6.45, 7) is 6.93. The molecule has 0 spiro atoms. The number of nitro benzene ring substituents is 1. The smallest absolute Gasteiger partial charge is 0.338 e. The molecule has 31 heavy (non-hydrogen) atoms.